The lowest BCUT2D eigenvalue weighted by molar-refractivity contribution is -0.142. The minimum absolute atomic E-state index is 0.0461. The number of alkyl halides is 2. The highest BCUT2D eigenvalue weighted by Crippen LogP contribution is 2.39. The molecule has 9 nitrogen and oxygen atoms in total. The minimum Gasteiger partial charge on any atom is -0.481 e. The Labute approximate surface area is 234 Å². The quantitative estimate of drug-likeness (QED) is 0.258. The Kier molecular flexibility index (Phi) is 8.41. The second-order valence-corrected chi connectivity index (χ2v) is 9.92. The second-order valence-electron chi connectivity index (χ2n) is 9.92. The van der Waals surface area contributed by atoms with Gasteiger partial charge in [-0.15, -0.1) is 0 Å². The van der Waals surface area contributed by atoms with E-state index in [4.69, 9.17) is 10.5 Å². The van der Waals surface area contributed by atoms with Crippen LogP contribution >= 0.6 is 0 Å². The van der Waals surface area contributed by atoms with Gasteiger partial charge in [-0.2, -0.15) is 4.98 Å². The fraction of sp³-hybridized carbons (Fsp3) is 0.276. The number of aryl methyl sites for hydroxylation is 1. The number of carboxylic acid groups (broad SMARTS) is 1. The number of hydrogen-bond donors (Lipinski definition) is 2. The zero-order chi connectivity index (χ0) is 29.9. The summed E-state index contributed by atoms with van der Waals surface area (Å²) in [4.78, 5) is 30.5. The molecule has 4 rings (SSSR count). The number of aromatic nitrogens is 4. The molecule has 214 valence electrons. The molecule has 0 unspecified atom stereocenters. The summed E-state index contributed by atoms with van der Waals surface area (Å²) in [7, 11) is 1.77. The number of nitrogens with two attached hydrogens (primary N) is 1. The molecular formula is C29H29F3N6O3. The van der Waals surface area contributed by atoms with Crippen LogP contribution in [0.1, 0.15) is 37.4 Å². The van der Waals surface area contributed by atoms with Crippen LogP contribution in [-0.4, -0.2) is 51.2 Å². The molecule has 0 aliphatic heterocycles. The van der Waals surface area contributed by atoms with Gasteiger partial charge in [0.1, 0.15) is 29.4 Å². The van der Waals surface area contributed by atoms with E-state index in [1.54, 1.807) is 57.0 Å². The van der Waals surface area contributed by atoms with Crippen molar-refractivity contribution in [3.05, 3.63) is 77.5 Å². The Morgan fingerprint density at radius 3 is 2.41 bits per heavy atom. The molecule has 0 amide bonds. The van der Waals surface area contributed by atoms with E-state index < -0.39 is 29.3 Å². The number of hydrogen-bond acceptors (Lipinski definition) is 8. The summed E-state index contributed by atoms with van der Waals surface area (Å²) < 4.78 is 47.0. The Hall–Kier alpha value is -4.74. The van der Waals surface area contributed by atoms with E-state index in [0.29, 0.717) is 40.4 Å². The molecule has 0 fully saturated rings. The molecule has 0 saturated heterocycles. The van der Waals surface area contributed by atoms with Gasteiger partial charge in [-0.05, 0) is 74.9 Å². The monoisotopic (exact) mass is 566 g/mol. The van der Waals surface area contributed by atoms with Crippen molar-refractivity contribution in [1.29, 1.82) is 0 Å². The number of benzene rings is 1. The van der Waals surface area contributed by atoms with Crippen LogP contribution in [0.4, 0.5) is 24.9 Å². The number of pyridine rings is 2. The van der Waals surface area contributed by atoms with E-state index >= 15 is 0 Å². The Balaban J connectivity index is 1.69. The van der Waals surface area contributed by atoms with Gasteiger partial charge in [0.05, 0.1) is 23.5 Å². The predicted octanol–water partition coefficient (Wildman–Crippen LogP) is 5.45. The first kappa shape index (κ1) is 29.2. The number of carbonyl (C=O) groups is 1. The van der Waals surface area contributed by atoms with Crippen LogP contribution in [0.5, 0.6) is 5.88 Å². The van der Waals surface area contributed by atoms with Crippen molar-refractivity contribution in [1.82, 2.24) is 19.9 Å². The summed E-state index contributed by atoms with van der Waals surface area (Å²) >= 11 is 0. The van der Waals surface area contributed by atoms with Crippen molar-refractivity contribution >= 4 is 17.7 Å². The summed E-state index contributed by atoms with van der Waals surface area (Å²) in [6, 6.07) is 13.5. The van der Waals surface area contributed by atoms with Gasteiger partial charge in [-0.1, -0.05) is 6.07 Å². The highest BCUT2D eigenvalue weighted by molar-refractivity contribution is 5.85. The number of nitrogen functional groups attached to an aromatic ring is 1. The van der Waals surface area contributed by atoms with E-state index in [-0.39, 0.29) is 24.1 Å². The molecule has 0 radical (unpaired) electrons. The highest BCUT2D eigenvalue weighted by atomic mass is 19.3. The van der Waals surface area contributed by atoms with Gasteiger partial charge in [-0.25, -0.2) is 23.1 Å². The van der Waals surface area contributed by atoms with Crippen LogP contribution in [0.15, 0.2) is 54.6 Å². The third kappa shape index (κ3) is 6.53. The van der Waals surface area contributed by atoms with Gasteiger partial charge < -0.3 is 20.5 Å². The molecule has 12 heteroatoms. The second kappa shape index (κ2) is 11.8. The van der Waals surface area contributed by atoms with E-state index in [0.717, 1.165) is 0 Å². The van der Waals surface area contributed by atoms with Crippen LogP contribution < -0.4 is 15.4 Å². The average Bonchev–Trinajstić information content (AvgIpc) is 2.92. The van der Waals surface area contributed by atoms with Crippen molar-refractivity contribution in [2.45, 2.75) is 32.6 Å². The molecule has 3 aromatic heterocycles. The molecule has 41 heavy (non-hydrogen) atoms. The van der Waals surface area contributed by atoms with Crippen molar-refractivity contribution in [3.63, 3.8) is 0 Å². The van der Waals surface area contributed by atoms with Gasteiger partial charge in [0.25, 0.3) is 6.43 Å². The first-order chi connectivity index (χ1) is 19.4. The number of halogens is 3. The van der Waals surface area contributed by atoms with Crippen LogP contribution in [0.3, 0.4) is 0 Å². The zero-order valence-electron chi connectivity index (χ0n) is 22.9. The topological polar surface area (TPSA) is 127 Å². The van der Waals surface area contributed by atoms with Crippen molar-refractivity contribution in [2.75, 3.05) is 30.8 Å². The SMILES string of the molecule is Cc1cc(-c2c(OCCN(C)c3cccc(C(C)(C)C(=O)O)n3)nc(N)nc2-c2ccc(F)cc2)cc(C(F)F)n1. The van der Waals surface area contributed by atoms with E-state index in [1.165, 1.54) is 30.3 Å². The van der Waals surface area contributed by atoms with Gasteiger partial charge in [-0.3, -0.25) is 9.78 Å². The number of rotatable bonds is 10. The van der Waals surface area contributed by atoms with Crippen LogP contribution in [0.2, 0.25) is 0 Å². The summed E-state index contributed by atoms with van der Waals surface area (Å²) in [5.74, 6) is -1.01. The van der Waals surface area contributed by atoms with E-state index in [9.17, 15) is 23.1 Å². The first-order valence-corrected chi connectivity index (χ1v) is 12.6. The molecule has 0 atom stereocenters. The van der Waals surface area contributed by atoms with E-state index in [2.05, 4.69) is 19.9 Å². The summed E-state index contributed by atoms with van der Waals surface area (Å²) in [6.07, 6.45) is -2.81. The largest absolute Gasteiger partial charge is 0.481 e. The maximum atomic E-state index is 13.7. The van der Waals surface area contributed by atoms with Crippen LogP contribution in [0.25, 0.3) is 22.4 Å². The number of nitrogens with zero attached hydrogens (tertiary/aromatic N) is 5. The molecule has 0 aliphatic carbocycles. The van der Waals surface area contributed by atoms with E-state index in [1.807, 2.05) is 0 Å². The lowest BCUT2D eigenvalue weighted by atomic mass is 9.89. The Morgan fingerprint density at radius 2 is 1.76 bits per heavy atom. The summed E-state index contributed by atoms with van der Waals surface area (Å²) in [5, 5.41) is 9.56. The van der Waals surface area contributed by atoms with Crippen LogP contribution in [-0.2, 0) is 10.2 Å². The Morgan fingerprint density at radius 1 is 1.05 bits per heavy atom. The fourth-order valence-electron chi connectivity index (χ4n) is 4.08. The number of aliphatic carboxylic acids is 1. The maximum absolute atomic E-state index is 13.7. The third-order valence-electron chi connectivity index (χ3n) is 6.46. The summed E-state index contributed by atoms with van der Waals surface area (Å²) in [6.45, 7) is 5.11. The predicted molar refractivity (Wildman–Crippen MR) is 148 cm³/mol. The van der Waals surface area contributed by atoms with Crippen molar-refractivity contribution in [3.8, 4) is 28.3 Å². The highest BCUT2D eigenvalue weighted by Gasteiger charge is 2.31. The van der Waals surface area contributed by atoms with Gasteiger partial charge >= 0.3 is 5.97 Å². The molecule has 3 heterocycles. The van der Waals surface area contributed by atoms with Crippen LogP contribution in [0, 0.1) is 12.7 Å². The smallest absolute Gasteiger partial charge is 0.315 e. The molecule has 0 spiro atoms. The van der Waals surface area contributed by atoms with Gasteiger partial charge in [0, 0.05) is 18.3 Å². The molecule has 0 aliphatic rings. The molecule has 0 bridgehead atoms. The van der Waals surface area contributed by atoms with Crippen molar-refractivity contribution in [2.24, 2.45) is 0 Å². The maximum Gasteiger partial charge on any atom is 0.315 e. The normalized spacial score (nSPS) is 11.5. The first-order valence-electron chi connectivity index (χ1n) is 12.6. The molecular weight excluding hydrogens is 537 g/mol. The number of anilines is 2. The minimum atomic E-state index is -2.81. The standard InChI is InChI=1S/C29H29F3N6O3/c1-16-14-18(15-20(34-16)25(31)32)23-24(17-8-10-19(30)11-9-17)36-28(33)37-26(23)41-13-12-38(4)22-7-5-6-21(35-22)29(2,3)27(39)40/h5-11,14-15,25H,12-13H2,1-4H3,(H,39,40)(H2,33,36,37). The molecule has 0 saturated carbocycles. The molecule has 3 N–H and O–H groups in total. The molecule has 4 aromatic rings. The van der Waals surface area contributed by atoms with Crippen molar-refractivity contribution < 1.29 is 27.8 Å². The lowest BCUT2D eigenvalue weighted by Gasteiger charge is -2.23. The Bertz CT molecular complexity index is 1560. The summed E-state index contributed by atoms with van der Waals surface area (Å²) in [5.41, 5.74) is 6.53. The zero-order valence-corrected chi connectivity index (χ0v) is 22.9. The number of likely N-dealkylation sites (N-methyl/N-ethyl adjacent to an activating group) is 1. The van der Waals surface area contributed by atoms with Gasteiger partial charge in [0.15, 0.2) is 0 Å². The fourth-order valence-corrected chi connectivity index (χ4v) is 4.08. The number of ether oxygens (including phenoxy) is 1. The average molecular weight is 567 g/mol. The lowest BCUT2D eigenvalue weighted by Crippen LogP contribution is -2.31. The number of carboxylic acids is 1. The molecule has 1 aromatic carbocycles. The van der Waals surface area contributed by atoms with Gasteiger partial charge in [0.2, 0.25) is 11.8 Å². The third-order valence-corrected chi connectivity index (χ3v) is 6.46.